The van der Waals surface area contributed by atoms with E-state index >= 15 is 0 Å². The smallest absolute Gasteiger partial charge is 0.281 e. The Morgan fingerprint density at radius 1 is 1.10 bits per heavy atom. The molecule has 0 radical (unpaired) electrons. The summed E-state index contributed by atoms with van der Waals surface area (Å²) in [5.41, 5.74) is 3.26. The Hall–Kier alpha value is -2.86. The fraction of sp³-hybridized carbons (Fsp3) is 0.483. The van der Waals surface area contributed by atoms with Gasteiger partial charge in [-0.2, -0.15) is 9.40 Å². The van der Waals surface area contributed by atoms with Gasteiger partial charge in [0.25, 0.3) is 11.8 Å². The van der Waals surface area contributed by atoms with Crippen LogP contribution in [0, 0.1) is 13.8 Å². The molecule has 214 valence electrons. The highest BCUT2D eigenvalue weighted by molar-refractivity contribution is 7.89. The summed E-state index contributed by atoms with van der Waals surface area (Å²) in [6, 6.07) is 8.24. The zero-order valence-corrected chi connectivity index (χ0v) is 25.4. The Morgan fingerprint density at radius 3 is 2.45 bits per heavy atom. The molecular formula is C29H37N5O4S2. The molecule has 1 aromatic carbocycles. The van der Waals surface area contributed by atoms with E-state index in [1.165, 1.54) is 40.3 Å². The van der Waals surface area contributed by atoms with Crippen molar-refractivity contribution in [1.29, 1.82) is 0 Å². The molecule has 0 spiro atoms. The largest absolute Gasteiger partial charge is 0.313 e. The summed E-state index contributed by atoms with van der Waals surface area (Å²) >= 11 is 1.43. The lowest BCUT2D eigenvalue weighted by Gasteiger charge is -2.32. The molecule has 2 aromatic heterocycles. The predicted molar refractivity (Wildman–Crippen MR) is 157 cm³/mol. The molecule has 0 saturated carbocycles. The molecule has 9 nitrogen and oxygen atoms in total. The standard InChI is InChI=1S/C29H37N5O4S2/c1-18(2)32-15-13-24-25(17-32)39-28(26(24)29(36)34-21(5)16-19(3)31-34)30-27(35)22-9-11-23(12-10-22)40(37,38)33-14-7-6-8-20(33)4/h9-12,16,18,20H,6-8,13-15,17H2,1-5H3,(H,30,35). The summed E-state index contributed by atoms with van der Waals surface area (Å²) < 4.78 is 29.4. The number of fused-ring (bicyclic) bond motifs is 1. The molecule has 3 aromatic rings. The maximum absolute atomic E-state index is 13.8. The molecule has 1 atom stereocenters. The predicted octanol–water partition coefficient (Wildman–Crippen LogP) is 4.83. The van der Waals surface area contributed by atoms with Gasteiger partial charge in [-0.25, -0.2) is 13.1 Å². The lowest BCUT2D eigenvalue weighted by molar-refractivity contribution is 0.0941. The Morgan fingerprint density at radius 2 is 1.82 bits per heavy atom. The monoisotopic (exact) mass is 583 g/mol. The number of aryl methyl sites for hydroxylation is 2. The fourth-order valence-corrected chi connectivity index (χ4v) is 8.60. The number of carbonyl (C=O) groups excluding carboxylic acids is 2. The molecule has 11 heteroatoms. The first-order valence-corrected chi connectivity index (χ1v) is 16.1. The topological polar surface area (TPSA) is 105 Å². The van der Waals surface area contributed by atoms with E-state index in [0.29, 0.717) is 41.7 Å². The lowest BCUT2D eigenvalue weighted by atomic mass is 10.0. The maximum atomic E-state index is 13.8. The molecule has 2 aliphatic rings. The number of carbonyl (C=O) groups is 2. The number of anilines is 1. The molecule has 1 amide bonds. The molecule has 1 fully saturated rings. The van der Waals surface area contributed by atoms with Crippen LogP contribution in [-0.2, 0) is 23.0 Å². The van der Waals surface area contributed by atoms with Crippen LogP contribution in [0.1, 0.15) is 82.6 Å². The molecule has 1 N–H and O–H groups in total. The SMILES string of the molecule is Cc1cc(C)n(C(=O)c2c(NC(=O)c3ccc(S(=O)(=O)N4CCCCC4C)cc3)sc3c2CCN(C(C)C)C3)n1. The van der Waals surface area contributed by atoms with Gasteiger partial charge in [-0.05, 0) is 89.8 Å². The Kier molecular flexibility index (Phi) is 8.02. The number of rotatable bonds is 6. The molecule has 40 heavy (non-hydrogen) atoms. The number of nitrogens with zero attached hydrogens (tertiary/aromatic N) is 4. The summed E-state index contributed by atoms with van der Waals surface area (Å²) in [6.07, 6.45) is 3.43. The first-order chi connectivity index (χ1) is 19.0. The second-order valence-electron chi connectivity index (χ2n) is 11.1. The average Bonchev–Trinajstić information content (AvgIpc) is 3.45. The molecule has 1 saturated heterocycles. The molecule has 5 rings (SSSR count). The zero-order chi connectivity index (χ0) is 28.8. The van der Waals surface area contributed by atoms with Crippen molar-refractivity contribution in [3.05, 3.63) is 63.3 Å². The highest BCUT2D eigenvalue weighted by atomic mass is 32.2. The first kappa shape index (κ1) is 28.7. The van der Waals surface area contributed by atoms with Crippen LogP contribution in [0.5, 0.6) is 0 Å². The van der Waals surface area contributed by atoms with Crippen LogP contribution in [0.25, 0.3) is 0 Å². The normalized spacial score (nSPS) is 18.6. The van der Waals surface area contributed by atoms with Crippen molar-refractivity contribution in [3.63, 3.8) is 0 Å². The molecule has 1 unspecified atom stereocenters. The van der Waals surface area contributed by atoms with Gasteiger partial charge >= 0.3 is 0 Å². The number of benzene rings is 1. The van der Waals surface area contributed by atoms with E-state index in [9.17, 15) is 18.0 Å². The van der Waals surface area contributed by atoms with Crippen LogP contribution in [0.4, 0.5) is 5.00 Å². The minimum Gasteiger partial charge on any atom is -0.313 e. The van der Waals surface area contributed by atoms with Gasteiger partial charge in [-0.3, -0.25) is 14.5 Å². The van der Waals surface area contributed by atoms with Crippen molar-refractivity contribution >= 4 is 38.2 Å². The van der Waals surface area contributed by atoms with Gasteiger partial charge < -0.3 is 5.32 Å². The van der Waals surface area contributed by atoms with E-state index in [2.05, 4.69) is 29.2 Å². The third-order valence-corrected chi connectivity index (χ3v) is 11.1. The molecule has 0 aliphatic carbocycles. The van der Waals surface area contributed by atoms with E-state index < -0.39 is 15.9 Å². The zero-order valence-electron chi connectivity index (χ0n) is 23.7. The van der Waals surface area contributed by atoms with Crippen molar-refractivity contribution < 1.29 is 18.0 Å². The summed E-state index contributed by atoms with van der Waals surface area (Å²) in [4.78, 5) is 30.8. The van der Waals surface area contributed by atoms with Crippen molar-refractivity contribution in [3.8, 4) is 0 Å². The van der Waals surface area contributed by atoms with Gasteiger partial charge in [-0.15, -0.1) is 11.3 Å². The maximum Gasteiger partial charge on any atom is 0.281 e. The number of hydrogen-bond donors (Lipinski definition) is 1. The number of amides is 1. The van der Waals surface area contributed by atoms with Crippen LogP contribution < -0.4 is 5.32 Å². The van der Waals surface area contributed by atoms with Crippen LogP contribution in [-0.4, -0.2) is 64.4 Å². The van der Waals surface area contributed by atoms with Crippen LogP contribution in [0.2, 0.25) is 0 Å². The highest BCUT2D eigenvalue weighted by Gasteiger charge is 2.33. The summed E-state index contributed by atoms with van der Waals surface area (Å²) in [6.45, 7) is 12.0. The van der Waals surface area contributed by atoms with E-state index in [1.807, 2.05) is 26.8 Å². The van der Waals surface area contributed by atoms with Crippen LogP contribution in [0.3, 0.4) is 0 Å². The van der Waals surface area contributed by atoms with Crippen molar-refractivity contribution in [2.45, 2.75) is 83.8 Å². The second kappa shape index (κ2) is 11.2. The van der Waals surface area contributed by atoms with E-state index in [0.717, 1.165) is 47.6 Å². The Bertz CT molecular complexity index is 1540. The third kappa shape index (κ3) is 5.39. The third-order valence-electron chi connectivity index (χ3n) is 7.92. The number of piperidine rings is 1. The fourth-order valence-electron chi connectivity index (χ4n) is 5.64. The minimum atomic E-state index is -3.63. The van der Waals surface area contributed by atoms with Gasteiger partial charge in [0, 0.05) is 47.9 Å². The minimum absolute atomic E-state index is 0.0450. The lowest BCUT2D eigenvalue weighted by Crippen LogP contribution is -2.41. The van der Waals surface area contributed by atoms with Gasteiger partial charge in [-0.1, -0.05) is 6.42 Å². The van der Waals surface area contributed by atoms with Gasteiger partial charge in [0.1, 0.15) is 5.00 Å². The van der Waals surface area contributed by atoms with Crippen molar-refractivity contribution in [1.82, 2.24) is 19.0 Å². The number of hydrogen-bond acceptors (Lipinski definition) is 7. The molecule has 0 bridgehead atoms. The van der Waals surface area contributed by atoms with Crippen molar-refractivity contribution in [2.24, 2.45) is 0 Å². The van der Waals surface area contributed by atoms with Gasteiger partial charge in [0.15, 0.2) is 0 Å². The van der Waals surface area contributed by atoms with Crippen LogP contribution >= 0.6 is 11.3 Å². The number of aromatic nitrogens is 2. The number of sulfonamides is 1. The van der Waals surface area contributed by atoms with E-state index in [1.54, 1.807) is 4.31 Å². The quantitative estimate of drug-likeness (QED) is 0.446. The molecule has 4 heterocycles. The summed E-state index contributed by atoms with van der Waals surface area (Å²) in [5.74, 6) is -0.648. The van der Waals surface area contributed by atoms with Crippen molar-refractivity contribution in [2.75, 3.05) is 18.4 Å². The Balaban J connectivity index is 1.44. The molecule has 2 aliphatic heterocycles. The number of nitrogens with one attached hydrogen (secondary N) is 1. The van der Waals surface area contributed by atoms with Crippen LogP contribution in [0.15, 0.2) is 35.2 Å². The molecular weight excluding hydrogens is 546 g/mol. The highest BCUT2D eigenvalue weighted by Crippen LogP contribution is 2.38. The second-order valence-corrected chi connectivity index (χ2v) is 14.1. The number of thiophene rings is 1. The summed E-state index contributed by atoms with van der Waals surface area (Å²) in [5, 5.41) is 7.87. The van der Waals surface area contributed by atoms with Gasteiger partial charge in [0.05, 0.1) is 16.2 Å². The average molecular weight is 584 g/mol. The summed E-state index contributed by atoms with van der Waals surface area (Å²) in [7, 11) is -3.63. The Labute approximate surface area is 240 Å². The van der Waals surface area contributed by atoms with Gasteiger partial charge in [0.2, 0.25) is 10.0 Å². The van der Waals surface area contributed by atoms with E-state index in [4.69, 9.17) is 0 Å². The first-order valence-electron chi connectivity index (χ1n) is 13.9. The van der Waals surface area contributed by atoms with E-state index in [-0.39, 0.29) is 16.8 Å².